The van der Waals surface area contributed by atoms with Gasteiger partial charge >= 0.3 is 0 Å². The summed E-state index contributed by atoms with van der Waals surface area (Å²) in [5.41, 5.74) is 0.855. The summed E-state index contributed by atoms with van der Waals surface area (Å²) in [6, 6.07) is 0. The van der Waals surface area contributed by atoms with Crippen LogP contribution in [-0.2, 0) is 5.41 Å². The summed E-state index contributed by atoms with van der Waals surface area (Å²) < 4.78 is 0. The predicted molar refractivity (Wildman–Crippen MR) is 84.9 cm³/mol. The minimum absolute atomic E-state index is 0.0766. The first-order chi connectivity index (χ1) is 8.81. The molecule has 0 aromatic carbocycles. The van der Waals surface area contributed by atoms with Gasteiger partial charge in [0.2, 0.25) is 0 Å². The van der Waals surface area contributed by atoms with Crippen molar-refractivity contribution in [3.8, 4) is 0 Å². The van der Waals surface area contributed by atoms with E-state index in [1.807, 2.05) is 11.8 Å². The van der Waals surface area contributed by atoms with E-state index in [-0.39, 0.29) is 5.41 Å². The van der Waals surface area contributed by atoms with Gasteiger partial charge < -0.3 is 4.90 Å². The zero-order valence-corrected chi connectivity index (χ0v) is 13.9. The molecule has 1 aliphatic rings. The Kier molecular flexibility index (Phi) is 4.26. The third-order valence-corrected chi connectivity index (χ3v) is 5.42. The standard InChI is InChI=1S/C14H22N2OS2/c1-9-6-16(7-10(2)18-9)13-15-12(14(3,4)5)11(8-17)19-13/h8-10H,6-7H2,1-5H3. The summed E-state index contributed by atoms with van der Waals surface area (Å²) in [5, 5.41) is 2.24. The lowest BCUT2D eigenvalue weighted by molar-refractivity contribution is 0.112. The quantitative estimate of drug-likeness (QED) is 0.781. The summed E-state index contributed by atoms with van der Waals surface area (Å²) >= 11 is 3.56. The highest BCUT2D eigenvalue weighted by Gasteiger charge is 2.28. The predicted octanol–water partition coefficient (Wildman–Crippen LogP) is 3.58. The first-order valence-electron chi connectivity index (χ1n) is 6.68. The molecule has 2 heterocycles. The number of thioether (sulfide) groups is 1. The molecule has 19 heavy (non-hydrogen) atoms. The van der Waals surface area contributed by atoms with E-state index in [0.29, 0.717) is 10.5 Å². The largest absolute Gasteiger partial charge is 0.346 e. The summed E-state index contributed by atoms with van der Waals surface area (Å²) in [7, 11) is 0. The molecule has 0 bridgehead atoms. The summed E-state index contributed by atoms with van der Waals surface area (Å²) in [6.45, 7) is 12.9. The maximum atomic E-state index is 11.2. The molecule has 5 heteroatoms. The molecule has 3 nitrogen and oxygen atoms in total. The molecule has 1 fully saturated rings. The van der Waals surface area contributed by atoms with Crippen LogP contribution < -0.4 is 4.90 Å². The Hall–Kier alpha value is -0.550. The molecule has 1 saturated heterocycles. The topological polar surface area (TPSA) is 33.2 Å². The molecule has 106 valence electrons. The molecule has 1 aromatic rings. The molecule has 2 unspecified atom stereocenters. The van der Waals surface area contributed by atoms with Gasteiger partial charge in [0.05, 0.1) is 10.6 Å². The first-order valence-corrected chi connectivity index (χ1v) is 8.44. The molecule has 1 aliphatic heterocycles. The van der Waals surface area contributed by atoms with Crippen molar-refractivity contribution in [1.29, 1.82) is 0 Å². The van der Waals surface area contributed by atoms with Crippen molar-refractivity contribution < 1.29 is 4.79 Å². The van der Waals surface area contributed by atoms with Crippen LogP contribution in [0.1, 0.15) is 50.0 Å². The van der Waals surface area contributed by atoms with Crippen molar-refractivity contribution in [3.05, 3.63) is 10.6 Å². The summed E-state index contributed by atoms with van der Waals surface area (Å²) in [5.74, 6) is 0. The second kappa shape index (κ2) is 5.44. The van der Waals surface area contributed by atoms with Crippen LogP contribution in [0.4, 0.5) is 5.13 Å². The minimum atomic E-state index is -0.0766. The van der Waals surface area contributed by atoms with Gasteiger partial charge in [-0.25, -0.2) is 4.98 Å². The van der Waals surface area contributed by atoms with E-state index in [0.717, 1.165) is 35.1 Å². The summed E-state index contributed by atoms with van der Waals surface area (Å²) in [6.07, 6.45) is 0.952. The highest BCUT2D eigenvalue weighted by atomic mass is 32.2. The van der Waals surface area contributed by atoms with E-state index in [9.17, 15) is 4.79 Å². The van der Waals surface area contributed by atoms with Crippen LogP contribution in [0.2, 0.25) is 0 Å². The normalized spacial score (nSPS) is 24.6. The van der Waals surface area contributed by atoms with Crippen LogP contribution in [0.5, 0.6) is 0 Å². The Bertz CT molecular complexity index is 455. The highest BCUT2D eigenvalue weighted by molar-refractivity contribution is 8.00. The van der Waals surface area contributed by atoms with Crippen LogP contribution >= 0.6 is 23.1 Å². The Morgan fingerprint density at radius 2 is 1.84 bits per heavy atom. The fourth-order valence-corrected chi connectivity index (χ4v) is 4.84. The van der Waals surface area contributed by atoms with Crippen molar-refractivity contribution in [2.75, 3.05) is 18.0 Å². The maximum absolute atomic E-state index is 11.2. The van der Waals surface area contributed by atoms with E-state index in [1.165, 1.54) is 11.3 Å². The van der Waals surface area contributed by atoms with Gasteiger partial charge in [-0.3, -0.25) is 4.79 Å². The van der Waals surface area contributed by atoms with Crippen LogP contribution in [0.25, 0.3) is 0 Å². The molecular formula is C14H22N2OS2. The number of anilines is 1. The lowest BCUT2D eigenvalue weighted by Gasteiger charge is -2.34. The van der Waals surface area contributed by atoms with Gasteiger partial charge in [-0.15, -0.1) is 0 Å². The number of rotatable bonds is 2. The molecule has 0 spiro atoms. The number of aromatic nitrogens is 1. The van der Waals surface area contributed by atoms with Gasteiger partial charge in [0.15, 0.2) is 11.4 Å². The smallest absolute Gasteiger partial charge is 0.186 e. The van der Waals surface area contributed by atoms with Crippen LogP contribution in [-0.4, -0.2) is 34.9 Å². The van der Waals surface area contributed by atoms with E-state index < -0.39 is 0 Å². The third kappa shape index (κ3) is 3.31. The van der Waals surface area contributed by atoms with Gasteiger partial charge in [0.1, 0.15) is 0 Å². The number of aldehydes is 1. The molecule has 2 atom stereocenters. The van der Waals surface area contributed by atoms with Gasteiger partial charge in [0.25, 0.3) is 0 Å². The van der Waals surface area contributed by atoms with Gasteiger partial charge in [0, 0.05) is 29.0 Å². The van der Waals surface area contributed by atoms with Crippen LogP contribution in [0.15, 0.2) is 0 Å². The van der Waals surface area contributed by atoms with Gasteiger partial charge in [-0.05, 0) is 0 Å². The second-order valence-corrected chi connectivity index (χ2v) is 9.13. The van der Waals surface area contributed by atoms with Crippen LogP contribution in [0, 0.1) is 0 Å². The SMILES string of the molecule is CC1CN(c2nc(C(C)(C)C)c(C=O)s2)CC(C)S1. The van der Waals surface area contributed by atoms with E-state index >= 15 is 0 Å². The van der Waals surface area contributed by atoms with E-state index in [1.54, 1.807) is 0 Å². The fraction of sp³-hybridized carbons (Fsp3) is 0.714. The number of thiazole rings is 1. The average Bonchev–Trinajstić information content (AvgIpc) is 2.71. The van der Waals surface area contributed by atoms with E-state index in [4.69, 9.17) is 4.98 Å². The van der Waals surface area contributed by atoms with Crippen molar-refractivity contribution in [3.63, 3.8) is 0 Å². The third-order valence-electron chi connectivity index (χ3n) is 3.15. The zero-order valence-electron chi connectivity index (χ0n) is 12.3. The molecule has 0 radical (unpaired) electrons. The van der Waals surface area contributed by atoms with Crippen molar-refractivity contribution >= 4 is 34.5 Å². The lowest BCUT2D eigenvalue weighted by Crippen LogP contribution is -2.40. The molecule has 1 aromatic heterocycles. The first kappa shape index (κ1) is 14.9. The average molecular weight is 298 g/mol. The molecule has 0 amide bonds. The number of carbonyl (C=O) groups excluding carboxylic acids is 1. The second-order valence-electron chi connectivity index (χ2n) is 6.24. The van der Waals surface area contributed by atoms with Gasteiger partial charge in [-0.1, -0.05) is 46.0 Å². The van der Waals surface area contributed by atoms with Gasteiger partial charge in [-0.2, -0.15) is 11.8 Å². The Balaban J connectivity index is 2.30. The molecular weight excluding hydrogens is 276 g/mol. The minimum Gasteiger partial charge on any atom is -0.346 e. The molecule has 2 rings (SSSR count). The molecule has 0 saturated carbocycles. The molecule has 0 N–H and O–H groups in total. The van der Waals surface area contributed by atoms with Crippen molar-refractivity contribution in [2.24, 2.45) is 0 Å². The molecule has 0 aliphatic carbocycles. The van der Waals surface area contributed by atoms with E-state index in [2.05, 4.69) is 39.5 Å². The number of hydrogen-bond acceptors (Lipinski definition) is 5. The van der Waals surface area contributed by atoms with Crippen molar-refractivity contribution in [2.45, 2.75) is 50.5 Å². The zero-order chi connectivity index (χ0) is 14.2. The fourth-order valence-electron chi connectivity index (χ4n) is 2.41. The Morgan fingerprint density at radius 1 is 1.26 bits per heavy atom. The van der Waals surface area contributed by atoms with Crippen molar-refractivity contribution in [1.82, 2.24) is 4.98 Å². The Labute approximate surface area is 123 Å². The maximum Gasteiger partial charge on any atom is 0.186 e. The monoisotopic (exact) mass is 298 g/mol. The van der Waals surface area contributed by atoms with Crippen LogP contribution in [0.3, 0.4) is 0 Å². The lowest BCUT2D eigenvalue weighted by atomic mass is 9.91. The Morgan fingerprint density at radius 3 is 2.26 bits per heavy atom. The highest BCUT2D eigenvalue weighted by Crippen LogP contribution is 2.35. The number of nitrogens with zero attached hydrogens (tertiary/aromatic N) is 2. The number of carbonyl (C=O) groups is 1. The summed E-state index contributed by atoms with van der Waals surface area (Å²) in [4.78, 5) is 19.1. The number of hydrogen-bond donors (Lipinski definition) is 0.